The average Bonchev–Trinajstić information content (AvgIpc) is 3.63. The minimum Gasteiger partial charge on any atom is -0.369 e. The molecule has 2 N–H and O–H groups in total. The van der Waals surface area contributed by atoms with E-state index in [4.69, 9.17) is 0 Å². The maximum absolute atomic E-state index is 13.0. The van der Waals surface area contributed by atoms with Gasteiger partial charge in [0.1, 0.15) is 11.2 Å². The third-order valence-corrected chi connectivity index (χ3v) is 6.64. The van der Waals surface area contributed by atoms with Gasteiger partial charge in [-0.2, -0.15) is 13.2 Å². The number of benzene rings is 1. The van der Waals surface area contributed by atoms with E-state index < -0.39 is 17.6 Å². The molecular weight excluding hydrogens is 405 g/mol. The van der Waals surface area contributed by atoms with Crippen molar-refractivity contribution in [3.05, 3.63) is 59.9 Å². The van der Waals surface area contributed by atoms with Gasteiger partial charge in [-0.05, 0) is 37.0 Å². The third-order valence-electron chi connectivity index (χ3n) is 6.64. The standard InChI is InChI=1S/C23H25F3N4O/c24-23(25,26)22(8-9-22)29-21(31)19-7-6-17(12-28-19)30-13-15(14-30)11-27-20-10-18(20)16-4-2-1-3-5-16/h1-7,12,15,18,20,27H,8-11,13-14H2,(H,29,31). The van der Waals surface area contributed by atoms with Gasteiger partial charge in [0.2, 0.25) is 0 Å². The molecule has 2 unspecified atom stereocenters. The minimum atomic E-state index is -4.43. The largest absolute Gasteiger partial charge is 0.411 e. The number of nitrogens with one attached hydrogen (secondary N) is 2. The number of rotatable bonds is 7. The predicted molar refractivity (Wildman–Crippen MR) is 111 cm³/mol. The highest BCUT2D eigenvalue weighted by atomic mass is 19.4. The van der Waals surface area contributed by atoms with Gasteiger partial charge >= 0.3 is 6.18 Å². The Morgan fingerprint density at radius 3 is 2.48 bits per heavy atom. The molecule has 1 aromatic heterocycles. The molecule has 2 heterocycles. The summed E-state index contributed by atoms with van der Waals surface area (Å²) < 4.78 is 39.0. The number of anilines is 1. The fourth-order valence-corrected chi connectivity index (χ4v) is 4.31. The molecule has 3 aliphatic rings. The van der Waals surface area contributed by atoms with E-state index in [2.05, 4.69) is 44.8 Å². The van der Waals surface area contributed by atoms with Crippen LogP contribution in [0.4, 0.5) is 18.9 Å². The van der Waals surface area contributed by atoms with Gasteiger partial charge in [-0.1, -0.05) is 30.3 Å². The first-order valence-electron chi connectivity index (χ1n) is 10.7. The predicted octanol–water partition coefficient (Wildman–Crippen LogP) is 3.49. The van der Waals surface area contributed by atoms with Crippen molar-refractivity contribution < 1.29 is 18.0 Å². The Labute approximate surface area is 179 Å². The summed E-state index contributed by atoms with van der Waals surface area (Å²) in [6, 6.07) is 14.4. The molecule has 2 atom stereocenters. The monoisotopic (exact) mass is 430 g/mol. The van der Waals surface area contributed by atoms with Gasteiger partial charge in [-0.25, -0.2) is 4.98 Å². The molecule has 8 heteroatoms. The lowest BCUT2D eigenvalue weighted by atomic mass is 9.99. The van der Waals surface area contributed by atoms with Crippen LogP contribution in [-0.4, -0.2) is 48.3 Å². The van der Waals surface area contributed by atoms with Crippen LogP contribution in [0, 0.1) is 5.92 Å². The molecule has 31 heavy (non-hydrogen) atoms. The smallest absolute Gasteiger partial charge is 0.369 e. The summed E-state index contributed by atoms with van der Waals surface area (Å²) in [5, 5.41) is 5.76. The van der Waals surface area contributed by atoms with Crippen molar-refractivity contribution in [2.45, 2.75) is 42.9 Å². The number of carbonyl (C=O) groups is 1. The van der Waals surface area contributed by atoms with E-state index in [1.807, 2.05) is 6.07 Å². The molecule has 164 valence electrons. The number of carbonyl (C=O) groups excluding carboxylic acids is 1. The Balaban J connectivity index is 1.06. The molecule has 5 rings (SSSR count). The Morgan fingerprint density at radius 2 is 1.87 bits per heavy atom. The molecule has 3 fully saturated rings. The van der Waals surface area contributed by atoms with E-state index in [0.29, 0.717) is 17.9 Å². The molecule has 1 saturated heterocycles. The van der Waals surface area contributed by atoms with E-state index in [1.165, 1.54) is 18.1 Å². The van der Waals surface area contributed by atoms with E-state index >= 15 is 0 Å². The Hall–Kier alpha value is -2.61. The average molecular weight is 430 g/mol. The van der Waals surface area contributed by atoms with Gasteiger partial charge in [-0.15, -0.1) is 0 Å². The molecule has 2 aromatic rings. The fraction of sp³-hybridized carbons (Fsp3) is 0.478. The Bertz CT molecular complexity index is 938. The number of pyridine rings is 1. The van der Waals surface area contributed by atoms with Crippen LogP contribution in [0.1, 0.15) is 41.2 Å². The van der Waals surface area contributed by atoms with Crippen LogP contribution < -0.4 is 15.5 Å². The number of hydrogen-bond acceptors (Lipinski definition) is 4. The molecule has 2 saturated carbocycles. The lowest BCUT2D eigenvalue weighted by molar-refractivity contribution is -0.163. The number of hydrogen-bond donors (Lipinski definition) is 2. The zero-order chi connectivity index (χ0) is 21.6. The number of amides is 1. The second kappa shape index (κ2) is 7.51. The molecular formula is C23H25F3N4O. The first-order valence-corrected chi connectivity index (χ1v) is 10.7. The van der Waals surface area contributed by atoms with Gasteiger partial charge < -0.3 is 15.5 Å². The fourth-order valence-electron chi connectivity index (χ4n) is 4.31. The topological polar surface area (TPSA) is 57.3 Å². The minimum absolute atomic E-state index is 0.0127. The van der Waals surface area contributed by atoms with E-state index in [-0.39, 0.29) is 18.5 Å². The van der Waals surface area contributed by atoms with Crippen molar-refractivity contribution in [3.8, 4) is 0 Å². The van der Waals surface area contributed by atoms with Gasteiger partial charge in [0.15, 0.2) is 0 Å². The van der Waals surface area contributed by atoms with Crippen molar-refractivity contribution in [1.82, 2.24) is 15.6 Å². The number of nitrogens with zero attached hydrogens (tertiary/aromatic N) is 2. The first-order chi connectivity index (χ1) is 14.8. The summed E-state index contributed by atoms with van der Waals surface area (Å²) in [6.07, 6.45) is -1.82. The van der Waals surface area contributed by atoms with Crippen molar-refractivity contribution in [3.63, 3.8) is 0 Å². The van der Waals surface area contributed by atoms with E-state index in [0.717, 1.165) is 25.3 Å². The van der Waals surface area contributed by atoms with Crippen LogP contribution in [0.25, 0.3) is 0 Å². The van der Waals surface area contributed by atoms with Crippen molar-refractivity contribution in [1.29, 1.82) is 0 Å². The van der Waals surface area contributed by atoms with Gasteiger partial charge in [0.25, 0.3) is 5.91 Å². The summed E-state index contributed by atoms with van der Waals surface area (Å²) in [5.41, 5.74) is 0.230. The number of halogens is 3. The molecule has 5 nitrogen and oxygen atoms in total. The zero-order valence-electron chi connectivity index (χ0n) is 17.0. The molecule has 1 aliphatic heterocycles. The second-order valence-corrected chi connectivity index (χ2v) is 8.97. The molecule has 0 spiro atoms. The highest BCUT2D eigenvalue weighted by molar-refractivity contribution is 5.93. The molecule has 1 amide bonds. The second-order valence-electron chi connectivity index (χ2n) is 8.97. The number of aromatic nitrogens is 1. The SMILES string of the molecule is O=C(NC1(C(F)(F)F)CC1)c1ccc(N2CC(CNC3CC3c3ccccc3)C2)cn1. The van der Waals surface area contributed by atoms with Crippen LogP contribution >= 0.6 is 0 Å². The van der Waals surface area contributed by atoms with E-state index in [1.54, 1.807) is 12.3 Å². The summed E-state index contributed by atoms with van der Waals surface area (Å²) in [7, 11) is 0. The van der Waals surface area contributed by atoms with Gasteiger partial charge in [0.05, 0.1) is 11.9 Å². The van der Waals surface area contributed by atoms with Gasteiger partial charge in [0, 0.05) is 37.5 Å². The maximum Gasteiger partial charge on any atom is 0.411 e. The lowest BCUT2D eigenvalue weighted by Gasteiger charge is -2.41. The third kappa shape index (κ3) is 4.13. The summed E-state index contributed by atoms with van der Waals surface area (Å²) in [4.78, 5) is 18.4. The summed E-state index contributed by atoms with van der Waals surface area (Å²) in [5.74, 6) is 0.401. The van der Waals surface area contributed by atoms with Crippen molar-refractivity contribution in [2.75, 3.05) is 24.5 Å². The van der Waals surface area contributed by atoms with Crippen molar-refractivity contribution >= 4 is 11.6 Å². The van der Waals surface area contributed by atoms with Gasteiger partial charge in [-0.3, -0.25) is 4.79 Å². The molecule has 0 radical (unpaired) electrons. The normalized spacial score (nSPS) is 24.4. The highest BCUT2D eigenvalue weighted by Crippen LogP contribution is 2.49. The van der Waals surface area contributed by atoms with E-state index in [9.17, 15) is 18.0 Å². The van der Waals surface area contributed by atoms with Crippen LogP contribution in [0.2, 0.25) is 0 Å². The number of alkyl halides is 3. The van der Waals surface area contributed by atoms with Crippen molar-refractivity contribution in [2.24, 2.45) is 5.92 Å². The first kappa shape index (κ1) is 20.3. The quantitative estimate of drug-likeness (QED) is 0.706. The highest BCUT2D eigenvalue weighted by Gasteiger charge is 2.64. The maximum atomic E-state index is 13.0. The summed E-state index contributed by atoms with van der Waals surface area (Å²) >= 11 is 0. The Morgan fingerprint density at radius 1 is 1.13 bits per heavy atom. The molecule has 1 aromatic carbocycles. The van der Waals surface area contributed by atoms with Crippen LogP contribution in [0.3, 0.4) is 0 Å². The van der Waals surface area contributed by atoms with Crippen LogP contribution in [0.15, 0.2) is 48.7 Å². The Kier molecular flexibility index (Phi) is 4.92. The van der Waals surface area contributed by atoms with Crippen LogP contribution in [-0.2, 0) is 0 Å². The lowest BCUT2D eigenvalue weighted by Crippen LogP contribution is -2.51. The molecule has 0 bridgehead atoms. The van der Waals surface area contributed by atoms with Crippen LogP contribution in [0.5, 0.6) is 0 Å². The zero-order valence-corrected chi connectivity index (χ0v) is 17.0. The molecule has 2 aliphatic carbocycles. The summed E-state index contributed by atoms with van der Waals surface area (Å²) in [6.45, 7) is 2.78.